The van der Waals surface area contributed by atoms with E-state index in [1.165, 1.54) is 4.88 Å². The van der Waals surface area contributed by atoms with E-state index in [1.54, 1.807) is 11.3 Å². The van der Waals surface area contributed by atoms with E-state index in [2.05, 4.69) is 16.7 Å². The molecular formula is C19H23N3O2S. The lowest BCUT2D eigenvalue weighted by atomic mass is 10.0. The van der Waals surface area contributed by atoms with Crippen molar-refractivity contribution in [3.63, 3.8) is 0 Å². The van der Waals surface area contributed by atoms with E-state index in [-0.39, 0.29) is 18.0 Å². The molecule has 1 aromatic heterocycles. The summed E-state index contributed by atoms with van der Waals surface area (Å²) >= 11 is 1.69. The Morgan fingerprint density at radius 1 is 1.16 bits per heavy atom. The fraction of sp³-hybridized carbons (Fsp3) is 0.368. The quantitative estimate of drug-likeness (QED) is 0.882. The molecular weight excluding hydrogens is 334 g/mol. The van der Waals surface area contributed by atoms with Crippen LogP contribution in [0.4, 0.5) is 4.79 Å². The van der Waals surface area contributed by atoms with Crippen LogP contribution in [0.3, 0.4) is 0 Å². The standard InChI is InChI=1S/C19H23N3O2S/c1-2-20-19(24)22-11-9-16(10-12-22)21-18(23)15-7-5-14(6-8-15)17-4-3-13-25-17/h3-8,13,16H,2,9-12H2,1H3,(H,20,24)(H,21,23). The summed E-state index contributed by atoms with van der Waals surface area (Å²) in [5.74, 6) is -0.0470. The number of amides is 3. The summed E-state index contributed by atoms with van der Waals surface area (Å²) in [6, 6.07) is 11.9. The van der Waals surface area contributed by atoms with Crippen LogP contribution in [-0.4, -0.2) is 42.5 Å². The number of likely N-dealkylation sites (tertiary alicyclic amines) is 1. The molecule has 3 rings (SSSR count). The molecule has 0 atom stereocenters. The Morgan fingerprint density at radius 3 is 2.48 bits per heavy atom. The molecule has 2 heterocycles. The highest BCUT2D eigenvalue weighted by atomic mass is 32.1. The molecule has 0 radical (unpaired) electrons. The van der Waals surface area contributed by atoms with E-state index < -0.39 is 0 Å². The van der Waals surface area contributed by atoms with Gasteiger partial charge in [-0.05, 0) is 48.9 Å². The third kappa shape index (κ3) is 4.39. The molecule has 1 aliphatic rings. The Hall–Kier alpha value is -2.34. The number of nitrogens with zero attached hydrogens (tertiary/aromatic N) is 1. The average molecular weight is 357 g/mol. The highest BCUT2D eigenvalue weighted by Crippen LogP contribution is 2.24. The van der Waals surface area contributed by atoms with Crippen molar-refractivity contribution in [3.05, 3.63) is 47.3 Å². The molecule has 1 aromatic carbocycles. The number of carbonyl (C=O) groups is 2. The van der Waals surface area contributed by atoms with E-state index >= 15 is 0 Å². The molecule has 1 fully saturated rings. The van der Waals surface area contributed by atoms with Crippen LogP contribution in [0.2, 0.25) is 0 Å². The zero-order valence-corrected chi connectivity index (χ0v) is 15.1. The third-order valence-corrected chi connectivity index (χ3v) is 5.32. The average Bonchev–Trinajstić information content (AvgIpc) is 3.17. The Kier molecular flexibility index (Phi) is 5.71. The highest BCUT2D eigenvalue weighted by molar-refractivity contribution is 7.13. The monoisotopic (exact) mass is 357 g/mol. The summed E-state index contributed by atoms with van der Waals surface area (Å²) in [5, 5.41) is 7.94. The van der Waals surface area contributed by atoms with Crippen molar-refractivity contribution >= 4 is 23.3 Å². The topological polar surface area (TPSA) is 61.4 Å². The van der Waals surface area contributed by atoms with Gasteiger partial charge in [0.1, 0.15) is 0 Å². The maximum Gasteiger partial charge on any atom is 0.317 e. The molecule has 0 spiro atoms. The van der Waals surface area contributed by atoms with Gasteiger partial charge in [-0.25, -0.2) is 4.79 Å². The third-order valence-electron chi connectivity index (χ3n) is 4.40. The Balaban J connectivity index is 1.52. The van der Waals surface area contributed by atoms with Gasteiger partial charge < -0.3 is 15.5 Å². The Morgan fingerprint density at radius 2 is 1.88 bits per heavy atom. The molecule has 0 unspecified atom stereocenters. The number of urea groups is 1. The number of carbonyl (C=O) groups excluding carboxylic acids is 2. The van der Waals surface area contributed by atoms with Gasteiger partial charge >= 0.3 is 6.03 Å². The lowest BCUT2D eigenvalue weighted by molar-refractivity contribution is 0.0918. The summed E-state index contributed by atoms with van der Waals surface area (Å²) in [7, 11) is 0. The van der Waals surface area contributed by atoms with Gasteiger partial charge in [-0.2, -0.15) is 0 Å². The maximum absolute atomic E-state index is 12.4. The van der Waals surface area contributed by atoms with Crippen molar-refractivity contribution in [2.45, 2.75) is 25.8 Å². The number of thiophene rings is 1. The minimum Gasteiger partial charge on any atom is -0.349 e. The van der Waals surface area contributed by atoms with E-state index in [9.17, 15) is 9.59 Å². The predicted molar refractivity (Wildman–Crippen MR) is 101 cm³/mol. The van der Waals surface area contributed by atoms with Crippen LogP contribution in [0.25, 0.3) is 10.4 Å². The van der Waals surface area contributed by atoms with Gasteiger partial charge in [0.05, 0.1) is 0 Å². The van der Waals surface area contributed by atoms with Gasteiger partial charge in [-0.15, -0.1) is 11.3 Å². The lowest BCUT2D eigenvalue weighted by Gasteiger charge is -2.32. The van der Waals surface area contributed by atoms with Crippen LogP contribution in [0, 0.1) is 0 Å². The molecule has 5 nitrogen and oxygen atoms in total. The molecule has 1 saturated heterocycles. The lowest BCUT2D eigenvalue weighted by Crippen LogP contribution is -2.49. The van der Waals surface area contributed by atoms with Crippen molar-refractivity contribution in [1.29, 1.82) is 0 Å². The van der Waals surface area contributed by atoms with E-state index in [4.69, 9.17) is 0 Å². The summed E-state index contributed by atoms with van der Waals surface area (Å²) in [6.45, 7) is 3.90. The minimum atomic E-state index is -0.0470. The highest BCUT2D eigenvalue weighted by Gasteiger charge is 2.23. The van der Waals surface area contributed by atoms with Crippen LogP contribution in [0.1, 0.15) is 30.1 Å². The molecule has 132 valence electrons. The molecule has 0 bridgehead atoms. The van der Waals surface area contributed by atoms with Gasteiger partial charge in [0.2, 0.25) is 0 Å². The second-order valence-electron chi connectivity index (χ2n) is 6.12. The Bertz CT molecular complexity index is 705. The van der Waals surface area contributed by atoms with E-state index in [0.29, 0.717) is 25.2 Å². The van der Waals surface area contributed by atoms with Crippen LogP contribution in [-0.2, 0) is 0 Å². The first-order chi connectivity index (χ1) is 12.2. The van der Waals surface area contributed by atoms with Gasteiger partial charge in [-0.1, -0.05) is 18.2 Å². The molecule has 0 aliphatic carbocycles. The molecule has 6 heteroatoms. The first kappa shape index (κ1) is 17.5. The summed E-state index contributed by atoms with van der Waals surface area (Å²) in [5.41, 5.74) is 1.80. The number of piperidine rings is 1. The second-order valence-corrected chi connectivity index (χ2v) is 7.07. The second kappa shape index (κ2) is 8.16. The number of nitrogens with one attached hydrogen (secondary N) is 2. The van der Waals surface area contributed by atoms with E-state index in [1.807, 2.05) is 47.5 Å². The summed E-state index contributed by atoms with van der Waals surface area (Å²) in [6.07, 6.45) is 1.58. The van der Waals surface area contributed by atoms with Crippen LogP contribution in [0.5, 0.6) is 0 Å². The molecule has 0 saturated carbocycles. The van der Waals surface area contributed by atoms with Crippen molar-refractivity contribution < 1.29 is 9.59 Å². The van der Waals surface area contributed by atoms with Crippen LogP contribution in [0.15, 0.2) is 41.8 Å². The van der Waals surface area contributed by atoms with Crippen molar-refractivity contribution in [1.82, 2.24) is 15.5 Å². The maximum atomic E-state index is 12.4. The zero-order chi connectivity index (χ0) is 17.6. The fourth-order valence-corrected chi connectivity index (χ4v) is 3.72. The van der Waals surface area contributed by atoms with Gasteiger partial charge in [0.15, 0.2) is 0 Å². The number of hydrogen-bond acceptors (Lipinski definition) is 3. The summed E-state index contributed by atoms with van der Waals surface area (Å²) in [4.78, 5) is 27.2. The molecule has 2 aromatic rings. The van der Waals surface area contributed by atoms with Crippen molar-refractivity contribution in [2.24, 2.45) is 0 Å². The molecule has 2 N–H and O–H groups in total. The van der Waals surface area contributed by atoms with Crippen LogP contribution >= 0.6 is 11.3 Å². The number of hydrogen-bond donors (Lipinski definition) is 2. The van der Waals surface area contributed by atoms with Gasteiger partial charge in [-0.3, -0.25) is 4.79 Å². The Labute approximate surface area is 152 Å². The fourth-order valence-electron chi connectivity index (χ4n) is 2.99. The minimum absolute atomic E-state index is 0.0172. The first-order valence-electron chi connectivity index (χ1n) is 8.65. The molecule has 25 heavy (non-hydrogen) atoms. The smallest absolute Gasteiger partial charge is 0.317 e. The predicted octanol–water partition coefficient (Wildman–Crippen LogP) is 3.34. The normalized spacial score (nSPS) is 15.0. The van der Waals surface area contributed by atoms with E-state index in [0.717, 1.165) is 18.4 Å². The molecule has 3 amide bonds. The van der Waals surface area contributed by atoms with Gasteiger partial charge in [0.25, 0.3) is 5.91 Å². The first-order valence-corrected chi connectivity index (χ1v) is 9.53. The SMILES string of the molecule is CCNC(=O)N1CCC(NC(=O)c2ccc(-c3cccs3)cc2)CC1. The summed E-state index contributed by atoms with van der Waals surface area (Å²) < 4.78 is 0. The largest absolute Gasteiger partial charge is 0.349 e. The number of rotatable bonds is 4. The number of benzene rings is 1. The van der Waals surface area contributed by atoms with Crippen LogP contribution < -0.4 is 10.6 Å². The molecule has 1 aliphatic heterocycles. The zero-order valence-electron chi connectivity index (χ0n) is 14.3. The van der Waals surface area contributed by atoms with Gasteiger partial charge in [0, 0.05) is 36.1 Å². The van der Waals surface area contributed by atoms with Crippen molar-refractivity contribution in [2.75, 3.05) is 19.6 Å². The van der Waals surface area contributed by atoms with Crippen molar-refractivity contribution in [3.8, 4) is 10.4 Å².